The zero-order valence-corrected chi connectivity index (χ0v) is 9.34. The van der Waals surface area contributed by atoms with Gasteiger partial charge in [-0.1, -0.05) is 18.7 Å². The van der Waals surface area contributed by atoms with Gasteiger partial charge in [-0.05, 0) is 38.6 Å². The Morgan fingerprint density at radius 1 is 1.50 bits per heavy atom. The molecule has 0 saturated heterocycles. The smallest absolute Gasteiger partial charge is 0.00687 e. The standard InChI is InChI=1S/C10H21NS/c1-4-6-10(7-8-10)9-12(5-2)11-3/h5,11H,4,6-9H2,1-3H3. The molecule has 72 valence electrons. The van der Waals surface area contributed by atoms with E-state index in [0.717, 1.165) is 5.41 Å². The molecular formula is C10H21NS. The van der Waals surface area contributed by atoms with Crippen LogP contribution in [0.2, 0.25) is 0 Å². The van der Waals surface area contributed by atoms with Crippen LogP contribution < -0.4 is 4.72 Å². The molecule has 0 aliphatic heterocycles. The first-order chi connectivity index (χ1) is 5.76. The highest BCUT2D eigenvalue weighted by Crippen LogP contribution is 2.52. The van der Waals surface area contributed by atoms with Gasteiger partial charge < -0.3 is 0 Å². The summed E-state index contributed by atoms with van der Waals surface area (Å²) in [5.41, 5.74) is 0.743. The van der Waals surface area contributed by atoms with Crippen LogP contribution in [0, 0.1) is 5.41 Å². The number of nitrogens with one attached hydrogen (secondary N) is 1. The van der Waals surface area contributed by atoms with E-state index in [1.54, 1.807) is 0 Å². The van der Waals surface area contributed by atoms with Gasteiger partial charge in [0.05, 0.1) is 0 Å². The third-order valence-corrected chi connectivity index (χ3v) is 4.76. The van der Waals surface area contributed by atoms with E-state index in [1.165, 1.54) is 31.4 Å². The Morgan fingerprint density at radius 3 is 2.50 bits per heavy atom. The van der Waals surface area contributed by atoms with Crippen LogP contribution in [0.15, 0.2) is 0 Å². The molecule has 1 aliphatic rings. The maximum Gasteiger partial charge on any atom is 0.00687 e. The van der Waals surface area contributed by atoms with Gasteiger partial charge in [-0.15, -0.1) is 10.7 Å². The minimum Gasteiger partial charge on any atom is -0.273 e. The lowest BCUT2D eigenvalue weighted by Gasteiger charge is -2.16. The minimum atomic E-state index is 0.378. The quantitative estimate of drug-likeness (QED) is 0.653. The largest absolute Gasteiger partial charge is 0.273 e. The Labute approximate surface area is 79.0 Å². The van der Waals surface area contributed by atoms with E-state index in [2.05, 4.69) is 31.0 Å². The number of hydrogen-bond acceptors (Lipinski definition) is 1. The average molecular weight is 187 g/mol. The lowest BCUT2D eigenvalue weighted by atomic mass is 10.0. The topological polar surface area (TPSA) is 12.0 Å². The molecule has 1 atom stereocenters. The summed E-state index contributed by atoms with van der Waals surface area (Å²) in [4.78, 5) is 0. The molecule has 1 nitrogen and oxygen atoms in total. The van der Waals surface area contributed by atoms with Crippen molar-refractivity contribution in [1.82, 2.24) is 4.72 Å². The Hall–Kier alpha value is 0.180. The van der Waals surface area contributed by atoms with Gasteiger partial charge in [-0.3, -0.25) is 4.72 Å². The summed E-state index contributed by atoms with van der Waals surface area (Å²) in [5, 5.41) is 2.32. The van der Waals surface area contributed by atoms with E-state index in [-0.39, 0.29) is 0 Å². The van der Waals surface area contributed by atoms with Crippen molar-refractivity contribution >= 4 is 16.0 Å². The van der Waals surface area contributed by atoms with Gasteiger partial charge in [0.25, 0.3) is 0 Å². The summed E-state index contributed by atoms with van der Waals surface area (Å²) in [6, 6.07) is 0. The molecule has 0 aromatic rings. The van der Waals surface area contributed by atoms with Crippen LogP contribution in [0.25, 0.3) is 0 Å². The maximum atomic E-state index is 3.38. The fraction of sp³-hybridized carbons (Fsp3) is 0.900. The maximum absolute atomic E-state index is 3.38. The summed E-state index contributed by atoms with van der Waals surface area (Å²) in [6.45, 7) is 4.47. The molecule has 0 heterocycles. The molecule has 0 bridgehead atoms. The first-order valence-corrected chi connectivity index (χ1v) is 6.38. The van der Waals surface area contributed by atoms with E-state index in [9.17, 15) is 0 Å². The molecule has 1 unspecified atom stereocenters. The molecule has 1 saturated carbocycles. The predicted molar refractivity (Wildman–Crippen MR) is 59.8 cm³/mol. The van der Waals surface area contributed by atoms with Crippen molar-refractivity contribution in [3.05, 3.63) is 0 Å². The highest BCUT2D eigenvalue weighted by atomic mass is 32.2. The van der Waals surface area contributed by atoms with E-state index >= 15 is 0 Å². The second kappa shape index (κ2) is 4.43. The molecule has 0 aromatic carbocycles. The van der Waals surface area contributed by atoms with Crippen LogP contribution in [0.5, 0.6) is 0 Å². The van der Waals surface area contributed by atoms with Gasteiger partial charge in [-0.25, -0.2) is 0 Å². The normalized spacial score (nSPS) is 22.6. The van der Waals surface area contributed by atoms with Crippen molar-refractivity contribution in [3.8, 4) is 0 Å². The SMILES string of the molecule is C/C=S(/CC1(CCC)CC1)NC. The molecule has 1 fully saturated rings. The molecule has 1 N–H and O–H groups in total. The first-order valence-electron chi connectivity index (χ1n) is 4.93. The van der Waals surface area contributed by atoms with E-state index < -0.39 is 0 Å². The fourth-order valence-corrected chi connectivity index (χ4v) is 3.42. The highest BCUT2D eigenvalue weighted by Gasteiger charge is 2.41. The zero-order valence-electron chi connectivity index (χ0n) is 8.52. The zero-order chi connectivity index (χ0) is 9.03. The molecule has 0 amide bonds. The van der Waals surface area contributed by atoms with Gasteiger partial charge in [0.1, 0.15) is 0 Å². The molecule has 0 radical (unpaired) electrons. The van der Waals surface area contributed by atoms with Gasteiger partial charge in [0.15, 0.2) is 0 Å². The van der Waals surface area contributed by atoms with Crippen molar-refractivity contribution in [2.75, 3.05) is 12.8 Å². The van der Waals surface area contributed by atoms with Gasteiger partial charge in [-0.2, -0.15) is 0 Å². The summed E-state index contributed by atoms with van der Waals surface area (Å²) in [7, 11) is 2.45. The van der Waals surface area contributed by atoms with E-state index in [4.69, 9.17) is 0 Å². The lowest BCUT2D eigenvalue weighted by Crippen LogP contribution is -2.11. The Balaban J connectivity index is 2.39. The second-order valence-electron chi connectivity index (χ2n) is 3.76. The van der Waals surface area contributed by atoms with Crippen LogP contribution in [0.3, 0.4) is 0 Å². The van der Waals surface area contributed by atoms with Crippen LogP contribution in [0.4, 0.5) is 0 Å². The van der Waals surface area contributed by atoms with Crippen LogP contribution in [-0.4, -0.2) is 18.2 Å². The third kappa shape index (κ3) is 2.60. The van der Waals surface area contributed by atoms with Crippen LogP contribution in [-0.2, 0) is 0 Å². The number of hydrogen-bond donors (Lipinski definition) is 1. The van der Waals surface area contributed by atoms with Gasteiger partial charge in [0, 0.05) is 5.75 Å². The Kier molecular flexibility index (Phi) is 3.78. The second-order valence-corrected chi connectivity index (χ2v) is 5.79. The van der Waals surface area contributed by atoms with Gasteiger partial charge in [0.2, 0.25) is 0 Å². The summed E-state index contributed by atoms with van der Waals surface area (Å²) < 4.78 is 3.38. The number of rotatable bonds is 5. The lowest BCUT2D eigenvalue weighted by molar-refractivity contribution is 0.519. The average Bonchev–Trinajstić information content (AvgIpc) is 2.82. The summed E-state index contributed by atoms with van der Waals surface area (Å²) in [5.74, 6) is 1.38. The first kappa shape index (κ1) is 10.3. The van der Waals surface area contributed by atoms with E-state index in [1.807, 2.05) is 0 Å². The van der Waals surface area contributed by atoms with Crippen molar-refractivity contribution in [1.29, 1.82) is 0 Å². The van der Waals surface area contributed by atoms with Gasteiger partial charge >= 0.3 is 0 Å². The monoisotopic (exact) mass is 187 g/mol. The molecule has 12 heavy (non-hydrogen) atoms. The molecular weight excluding hydrogens is 166 g/mol. The van der Waals surface area contributed by atoms with Crippen molar-refractivity contribution < 1.29 is 0 Å². The van der Waals surface area contributed by atoms with Crippen LogP contribution >= 0.6 is 10.7 Å². The van der Waals surface area contributed by atoms with Crippen molar-refractivity contribution in [2.45, 2.75) is 39.5 Å². The molecule has 1 aliphatic carbocycles. The minimum absolute atomic E-state index is 0.378. The Bertz CT molecular complexity index is 171. The third-order valence-electron chi connectivity index (χ3n) is 2.75. The summed E-state index contributed by atoms with van der Waals surface area (Å²) in [6.07, 6.45) is 5.73. The molecule has 0 aromatic heterocycles. The predicted octanol–water partition coefficient (Wildman–Crippen LogP) is 2.79. The molecule has 0 spiro atoms. The summed E-state index contributed by atoms with van der Waals surface area (Å²) >= 11 is 0. The van der Waals surface area contributed by atoms with Crippen molar-refractivity contribution in [3.63, 3.8) is 0 Å². The Morgan fingerprint density at radius 2 is 2.17 bits per heavy atom. The van der Waals surface area contributed by atoms with Crippen LogP contribution in [0.1, 0.15) is 39.5 Å². The van der Waals surface area contributed by atoms with E-state index in [0.29, 0.717) is 10.7 Å². The molecule has 2 heteroatoms. The fourth-order valence-electron chi connectivity index (χ4n) is 1.78. The molecule has 1 rings (SSSR count). The van der Waals surface area contributed by atoms with Crippen molar-refractivity contribution in [2.24, 2.45) is 5.41 Å². The highest BCUT2D eigenvalue weighted by molar-refractivity contribution is 8.13.